The van der Waals surface area contributed by atoms with E-state index in [9.17, 15) is 14.0 Å². The summed E-state index contributed by atoms with van der Waals surface area (Å²) in [6.07, 6.45) is 0.446. The van der Waals surface area contributed by atoms with Crippen LogP contribution in [0.3, 0.4) is 0 Å². The van der Waals surface area contributed by atoms with E-state index in [4.69, 9.17) is 20.8 Å². The fourth-order valence-corrected chi connectivity index (χ4v) is 2.84. The molecule has 3 rings (SSSR count). The molecule has 7 nitrogen and oxygen atoms in total. The number of ether oxygens (including phenoxy) is 1. The molecular weight excluding hydrogens is 389 g/mol. The van der Waals surface area contributed by atoms with Gasteiger partial charge in [-0.05, 0) is 50.2 Å². The van der Waals surface area contributed by atoms with Crippen molar-refractivity contribution in [2.75, 3.05) is 0 Å². The zero-order valence-electron chi connectivity index (χ0n) is 15.1. The second-order valence-electron chi connectivity index (χ2n) is 5.98. The summed E-state index contributed by atoms with van der Waals surface area (Å²) in [6.45, 7) is 3.21. The van der Waals surface area contributed by atoms with Gasteiger partial charge in [-0.2, -0.15) is 5.10 Å². The third kappa shape index (κ3) is 4.23. The van der Waals surface area contributed by atoms with E-state index in [1.165, 1.54) is 42.1 Å². The number of halogens is 2. The number of nitrogens with zero attached hydrogens (tertiary/aromatic N) is 2. The highest BCUT2D eigenvalue weighted by Gasteiger charge is 2.26. The molecule has 146 valence electrons. The summed E-state index contributed by atoms with van der Waals surface area (Å²) in [6, 6.07) is 8.89. The number of amides is 1. The van der Waals surface area contributed by atoms with Gasteiger partial charge in [0.15, 0.2) is 6.10 Å². The highest BCUT2D eigenvalue weighted by atomic mass is 35.5. The van der Waals surface area contributed by atoms with Crippen LogP contribution in [0.4, 0.5) is 4.39 Å². The van der Waals surface area contributed by atoms with E-state index < -0.39 is 23.8 Å². The predicted octanol–water partition coefficient (Wildman–Crippen LogP) is 3.43. The summed E-state index contributed by atoms with van der Waals surface area (Å²) < 4.78 is 24.7. The summed E-state index contributed by atoms with van der Waals surface area (Å²) in [7, 11) is 0. The first-order valence-corrected chi connectivity index (χ1v) is 8.76. The SMILES string of the molecule is Cc1nn(-c2ccc(F)cc2)c(Cl)c1C(=O)O[C@H](C)C(=O)NCc1ccco1. The number of esters is 1. The molecule has 0 aliphatic carbocycles. The fraction of sp³-hybridized carbons (Fsp3) is 0.211. The maximum Gasteiger partial charge on any atom is 0.344 e. The number of aromatic nitrogens is 2. The number of furan rings is 1. The molecule has 0 saturated heterocycles. The molecule has 0 bridgehead atoms. The van der Waals surface area contributed by atoms with Crippen molar-refractivity contribution in [1.82, 2.24) is 15.1 Å². The van der Waals surface area contributed by atoms with Gasteiger partial charge < -0.3 is 14.5 Å². The molecule has 1 atom stereocenters. The molecule has 0 saturated carbocycles. The van der Waals surface area contributed by atoms with Gasteiger partial charge in [-0.3, -0.25) is 4.79 Å². The Hall–Kier alpha value is -3.13. The van der Waals surface area contributed by atoms with Gasteiger partial charge in [0, 0.05) is 0 Å². The molecule has 0 unspecified atom stereocenters. The van der Waals surface area contributed by atoms with Crippen LogP contribution in [0.2, 0.25) is 5.15 Å². The monoisotopic (exact) mass is 405 g/mol. The van der Waals surface area contributed by atoms with Crippen molar-refractivity contribution in [1.29, 1.82) is 0 Å². The number of carbonyl (C=O) groups excluding carboxylic acids is 2. The third-order valence-corrected chi connectivity index (χ3v) is 4.30. The lowest BCUT2D eigenvalue weighted by Crippen LogP contribution is -2.35. The molecule has 3 aromatic rings. The Morgan fingerprint density at radius 1 is 1.32 bits per heavy atom. The summed E-state index contributed by atoms with van der Waals surface area (Å²) >= 11 is 6.28. The molecule has 0 aliphatic rings. The predicted molar refractivity (Wildman–Crippen MR) is 98.7 cm³/mol. The van der Waals surface area contributed by atoms with Crippen LogP contribution in [0.1, 0.15) is 28.7 Å². The van der Waals surface area contributed by atoms with Crippen LogP contribution in [-0.4, -0.2) is 27.8 Å². The second-order valence-corrected chi connectivity index (χ2v) is 6.34. The van der Waals surface area contributed by atoms with E-state index in [1.807, 2.05) is 0 Å². The molecule has 1 aromatic carbocycles. The first-order chi connectivity index (χ1) is 13.4. The molecule has 28 heavy (non-hydrogen) atoms. The maximum absolute atomic E-state index is 13.1. The molecule has 0 fully saturated rings. The number of carbonyl (C=O) groups is 2. The number of nitrogens with one attached hydrogen (secondary N) is 1. The van der Waals surface area contributed by atoms with E-state index in [0.717, 1.165) is 0 Å². The van der Waals surface area contributed by atoms with Gasteiger partial charge in [-0.1, -0.05) is 11.6 Å². The third-order valence-electron chi connectivity index (χ3n) is 3.95. The highest BCUT2D eigenvalue weighted by Crippen LogP contribution is 2.25. The van der Waals surface area contributed by atoms with Crippen molar-refractivity contribution in [3.05, 3.63) is 70.6 Å². The quantitative estimate of drug-likeness (QED) is 0.635. The minimum absolute atomic E-state index is 0.0114. The second kappa shape index (κ2) is 8.26. The maximum atomic E-state index is 13.1. The number of rotatable bonds is 6. The zero-order chi connectivity index (χ0) is 20.3. The Balaban J connectivity index is 1.70. The minimum atomic E-state index is -1.05. The van der Waals surface area contributed by atoms with Crippen molar-refractivity contribution < 1.29 is 23.1 Å². The molecule has 1 N–H and O–H groups in total. The van der Waals surface area contributed by atoms with E-state index in [-0.39, 0.29) is 17.3 Å². The van der Waals surface area contributed by atoms with Gasteiger partial charge in [0.2, 0.25) is 0 Å². The number of benzene rings is 1. The smallest absolute Gasteiger partial charge is 0.344 e. The molecule has 2 aromatic heterocycles. The molecular formula is C19H17ClFN3O4. The standard InChI is InChI=1S/C19H17ClFN3O4/c1-11-16(17(20)24(23-11)14-7-5-13(21)6-8-14)19(26)28-12(2)18(25)22-10-15-4-3-9-27-15/h3-9,12H,10H2,1-2H3,(H,22,25)/t12-/m1/s1. The summed E-state index contributed by atoms with van der Waals surface area (Å²) in [5.41, 5.74) is 0.844. The number of hydrogen-bond acceptors (Lipinski definition) is 5. The zero-order valence-corrected chi connectivity index (χ0v) is 15.9. The first-order valence-electron chi connectivity index (χ1n) is 8.39. The van der Waals surface area contributed by atoms with Crippen LogP contribution in [0.5, 0.6) is 0 Å². The van der Waals surface area contributed by atoms with Gasteiger partial charge in [-0.15, -0.1) is 0 Å². The molecule has 2 heterocycles. The van der Waals surface area contributed by atoms with Gasteiger partial charge in [0.05, 0.1) is 24.2 Å². The summed E-state index contributed by atoms with van der Waals surface area (Å²) in [4.78, 5) is 24.6. The number of aryl methyl sites for hydroxylation is 1. The van der Waals surface area contributed by atoms with Crippen molar-refractivity contribution >= 4 is 23.5 Å². The molecule has 0 spiro atoms. The summed E-state index contributed by atoms with van der Waals surface area (Å²) in [5, 5.41) is 6.82. The molecule has 1 amide bonds. The van der Waals surface area contributed by atoms with Gasteiger partial charge in [0.25, 0.3) is 5.91 Å². The van der Waals surface area contributed by atoms with E-state index >= 15 is 0 Å². The van der Waals surface area contributed by atoms with Gasteiger partial charge >= 0.3 is 5.97 Å². The molecule has 0 radical (unpaired) electrons. The summed E-state index contributed by atoms with van der Waals surface area (Å²) in [5.74, 6) is -1.09. The van der Waals surface area contributed by atoms with Crippen LogP contribution in [0.25, 0.3) is 5.69 Å². The minimum Gasteiger partial charge on any atom is -0.467 e. The highest BCUT2D eigenvalue weighted by molar-refractivity contribution is 6.33. The number of hydrogen-bond donors (Lipinski definition) is 1. The molecule has 9 heteroatoms. The van der Waals surface area contributed by atoms with E-state index in [1.54, 1.807) is 19.1 Å². The van der Waals surface area contributed by atoms with Gasteiger partial charge in [0.1, 0.15) is 22.3 Å². The van der Waals surface area contributed by atoms with Crippen molar-refractivity contribution in [2.24, 2.45) is 0 Å². The van der Waals surface area contributed by atoms with Gasteiger partial charge in [-0.25, -0.2) is 13.9 Å². The largest absolute Gasteiger partial charge is 0.467 e. The first kappa shape index (κ1) is 19.6. The topological polar surface area (TPSA) is 86.4 Å². The fourth-order valence-electron chi connectivity index (χ4n) is 2.49. The van der Waals surface area contributed by atoms with Crippen molar-refractivity contribution in [3.63, 3.8) is 0 Å². The lowest BCUT2D eigenvalue weighted by atomic mass is 10.2. The van der Waals surface area contributed by atoms with Crippen LogP contribution in [-0.2, 0) is 16.1 Å². The Morgan fingerprint density at radius 2 is 2.04 bits per heavy atom. The lowest BCUT2D eigenvalue weighted by molar-refractivity contribution is -0.129. The van der Waals surface area contributed by atoms with E-state index in [2.05, 4.69) is 10.4 Å². The average Bonchev–Trinajstić information content (AvgIpc) is 3.28. The van der Waals surface area contributed by atoms with Crippen LogP contribution in [0, 0.1) is 12.7 Å². The van der Waals surface area contributed by atoms with Crippen LogP contribution < -0.4 is 5.32 Å². The van der Waals surface area contributed by atoms with Crippen molar-refractivity contribution in [2.45, 2.75) is 26.5 Å². The van der Waals surface area contributed by atoms with Crippen molar-refractivity contribution in [3.8, 4) is 5.69 Å². The molecule has 0 aliphatic heterocycles. The lowest BCUT2D eigenvalue weighted by Gasteiger charge is -2.13. The Kier molecular flexibility index (Phi) is 5.79. The van der Waals surface area contributed by atoms with E-state index in [0.29, 0.717) is 17.1 Å². The van der Waals surface area contributed by atoms with Crippen LogP contribution in [0.15, 0.2) is 47.1 Å². The Labute approximate surface area is 165 Å². The Morgan fingerprint density at radius 3 is 2.68 bits per heavy atom. The normalized spacial score (nSPS) is 11.9. The Bertz CT molecular complexity index is 984. The van der Waals surface area contributed by atoms with Crippen LogP contribution >= 0.6 is 11.6 Å². The average molecular weight is 406 g/mol.